The van der Waals surface area contributed by atoms with E-state index in [1.54, 1.807) is 0 Å². The average molecular weight is 311 g/mol. The summed E-state index contributed by atoms with van der Waals surface area (Å²) in [6, 6.07) is 9.35. The topological polar surface area (TPSA) is 4.93 Å². The highest BCUT2D eigenvalue weighted by molar-refractivity contribution is 7.36. The maximum absolute atomic E-state index is 2.38. The van der Waals surface area contributed by atoms with E-state index in [1.807, 2.05) is 0 Å². The molecule has 0 bridgehead atoms. The normalized spacial score (nSPS) is 13.6. The zero-order chi connectivity index (χ0) is 16.3. The van der Waals surface area contributed by atoms with E-state index >= 15 is 0 Å². The summed E-state index contributed by atoms with van der Waals surface area (Å²) in [5.74, 6) is 2.37. The van der Waals surface area contributed by atoms with Crippen LogP contribution in [0, 0.1) is 0 Å². The lowest BCUT2D eigenvalue weighted by Crippen LogP contribution is -2.10. The molecule has 0 saturated carbocycles. The van der Waals surface area contributed by atoms with Crippen LogP contribution < -0.4 is 0 Å². The molecule has 0 radical (unpaired) electrons. The molecule has 3 rings (SSSR count). The molecule has 2 aromatic heterocycles. The molecule has 1 aromatic carbocycles. The first-order valence-electron chi connectivity index (χ1n) is 7.98. The quantitative estimate of drug-likeness (QED) is 0.446. The second-order valence-corrected chi connectivity index (χ2v) is 9.35. The van der Waals surface area contributed by atoms with Crippen molar-refractivity contribution in [1.29, 1.82) is 0 Å². The summed E-state index contributed by atoms with van der Waals surface area (Å²) in [6.45, 7) is 13.7. The summed E-state index contributed by atoms with van der Waals surface area (Å²) in [5, 5.41) is 2.85. The van der Waals surface area contributed by atoms with E-state index < -0.39 is 0 Å². The number of aryl methyl sites for hydroxylation is 1. The van der Waals surface area contributed by atoms with Gasteiger partial charge in [0.1, 0.15) is 0 Å². The molecule has 22 heavy (non-hydrogen) atoms. The standard InChI is InChI=1S/C20H26NP/c1-19(2,3)13-8-9-15-16(10-13)21(7)17-11-14(20(4,5)6)12-22-18(15)17/h8-12H,1-7H3. The molecular formula is C20H26NP. The van der Waals surface area contributed by atoms with E-state index in [0.717, 1.165) is 0 Å². The van der Waals surface area contributed by atoms with Crippen molar-refractivity contribution in [2.24, 2.45) is 7.05 Å². The van der Waals surface area contributed by atoms with E-state index in [1.165, 1.54) is 40.9 Å². The van der Waals surface area contributed by atoms with Gasteiger partial charge in [-0.25, -0.2) is 0 Å². The first-order chi connectivity index (χ1) is 10.1. The third-order valence-corrected chi connectivity index (χ3v) is 5.71. The minimum absolute atomic E-state index is 0.190. The van der Waals surface area contributed by atoms with Crippen molar-refractivity contribution < 1.29 is 0 Å². The van der Waals surface area contributed by atoms with Crippen molar-refractivity contribution in [1.82, 2.24) is 4.57 Å². The van der Waals surface area contributed by atoms with Gasteiger partial charge in [-0.1, -0.05) is 61.9 Å². The Labute approximate surface area is 135 Å². The van der Waals surface area contributed by atoms with Gasteiger partial charge in [0.15, 0.2) is 0 Å². The summed E-state index contributed by atoms with van der Waals surface area (Å²) < 4.78 is 2.37. The van der Waals surface area contributed by atoms with E-state index in [9.17, 15) is 0 Å². The van der Waals surface area contributed by atoms with Crippen molar-refractivity contribution in [2.75, 3.05) is 0 Å². The number of rotatable bonds is 0. The Morgan fingerprint density at radius 2 is 1.41 bits per heavy atom. The molecule has 0 amide bonds. The molecule has 2 heterocycles. The van der Waals surface area contributed by atoms with Gasteiger partial charge in [0.2, 0.25) is 0 Å². The minimum Gasteiger partial charge on any atom is -0.343 e. The third-order valence-electron chi connectivity index (χ3n) is 4.58. The van der Waals surface area contributed by atoms with Gasteiger partial charge in [-0.3, -0.25) is 0 Å². The largest absolute Gasteiger partial charge is 0.343 e. The molecule has 1 nitrogen and oxygen atoms in total. The Hall–Kier alpha value is -1.33. The highest BCUT2D eigenvalue weighted by atomic mass is 31.0. The van der Waals surface area contributed by atoms with Crippen molar-refractivity contribution in [3.8, 4) is 0 Å². The number of fused-ring (bicyclic) bond motifs is 3. The molecule has 0 unspecified atom stereocenters. The fourth-order valence-corrected chi connectivity index (χ4v) is 4.34. The maximum Gasteiger partial charge on any atom is 0.0538 e. The van der Waals surface area contributed by atoms with E-state index in [-0.39, 0.29) is 10.8 Å². The van der Waals surface area contributed by atoms with Gasteiger partial charge in [-0.15, -0.1) is 0 Å². The molecule has 0 spiro atoms. The van der Waals surface area contributed by atoms with E-state index in [4.69, 9.17) is 0 Å². The molecule has 0 saturated heterocycles. The molecule has 2 heteroatoms. The lowest BCUT2D eigenvalue weighted by molar-refractivity contribution is 0.591. The molecule has 0 fully saturated rings. The molecular weight excluding hydrogens is 285 g/mol. The molecule has 0 aliphatic carbocycles. The van der Waals surface area contributed by atoms with Crippen LogP contribution in [-0.2, 0) is 17.9 Å². The average Bonchev–Trinajstić information content (AvgIpc) is 2.70. The van der Waals surface area contributed by atoms with Crippen molar-refractivity contribution in [3.05, 3.63) is 41.2 Å². The fourth-order valence-electron chi connectivity index (χ4n) is 2.93. The van der Waals surface area contributed by atoms with Gasteiger partial charge in [-0.2, -0.15) is 0 Å². The van der Waals surface area contributed by atoms with E-state index in [2.05, 4.69) is 83.2 Å². The van der Waals surface area contributed by atoms with Gasteiger partial charge >= 0.3 is 0 Å². The zero-order valence-corrected chi connectivity index (χ0v) is 15.7. The summed E-state index contributed by atoms with van der Waals surface area (Å²) in [4.78, 5) is 0. The minimum atomic E-state index is 0.190. The first-order valence-corrected chi connectivity index (χ1v) is 8.94. The van der Waals surface area contributed by atoms with Crippen LogP contribution in [0.25, 0.3) is 21.5 Å². The van der Waals surface area contributed by atoms with Crippen molar-refractivity contribution in [2.45, 2.75) is 52.4 Å². The number of benzene rings is 1. The highest BCUT2D eigenvalue weighted by Gasteiger charge is 2.19. The van der Waals surface area contributed by atoms with Gasteiger partial charge in [-0.05, 0) is 39.9 Å². The maximum atomic E-state index is 2.38. The predicted molar refractivity (Wildman–Crippen MR) is 100 cm³/mol. The van der Waals surface area contributed by atoms with Gasteiger partial charge in [0, 0.05) is 23.1 Å². The summed E-state index contributed by atoms with van der Waals surface area (Å²) in [5.41, 5.74) is 5.95. The summed E-state index contributed by atoms with van der Waals surface area (Å²) in [6.07, 6.45) is 0. The smallest absolute Gasteiger partial charge is 0.0538 e. The lowest BCUT2D eigenvalue weighted by atomic mass is 9.87. The van der Waals surface area contributed by atoms with Gasteiger partial charge < -0.3 is 4.57 Å². The Bertz CT molecular complexity index is 786. The molecule has 0 aliphatic heterocycles. The van der Waals surface area contributed by atoms with Crippen LogP contribution >= 0.6 is 8.19 Å². The first kappa shape index (κ1) is 15.6. The highest BCUT2D eigenvalue weighted by Crippen LogP contribution is 2.38. The van der Waals surface area contributed by atoms with Crippen LogP contribution in [-0.4, -0.2) is 4.57 Å². The molecule has 3 aromatic rings. The Kier molecular flexibility index (Phi) is 3.42. The van der Waals surface area contributed by atoms with Crippen LogP contribution in [0.15, 0.2) is 30.1 Å². The summed E-state index contributed by atoms with van der Waals surface area (Å²) in [7, 11) is 3.52. The third kappa shape index (κ3) is 2.46. The predicted octanol–water partition coefficient (Wildman–Crippen LogP) is 6.51. The van der Waals surface area contributed by atoms with Gasteiger partial charge in [0.25, 0.3) is 0 Å². The fraction of sp³-hybridized carbons (Fsp3) is 0.450. The number of aromatic nitrogens is 1. The zero-order valence-electron chi connectivity index (χ0n) is 14.8. The van der Waals surface area contributed by atoms with Crippen LogP contribution in [0.4, 0.5) is 0 Å². The van der Waals surface area contributed by atoms with Gasteiger partial charge in [0.05, 0.1) is 5.52 Å². The monoisotopic (exact) mass is 311 g/mol. The molecule has 0 atom stereocenters. The van der Waals surface area contributed by atoms with Crippen molar-refractivity contribution in [3.63, 3.8) is 0 Å². The van der Waals surface area contributed by atoms with Crippen LogP contribution in [0.1, 0.15) is 52.7 Å². The van der Waals surface area contributed by atoms with Crippen molar-refractivity contribution >= 4 is 29.7 Å². The molecule has 0 N–H and O–H groups in total. The second-order valence-electron chi connectivity index (χ2n) is 8.38. The second kappa shape index (κ2) is 4.83. The van der Waals surface area contributed by atoms with Crippen LogP contribution in [0.5, 0.6) is 0 Å². The van der Waals surface area contributed by atoms with Crippen LogP contribution in [0.2, 0.25) is 0 Å². The van der Waals surface area contributed by atoms with Crippen LogP contribution in [0.3, 0.4) is 0 Å². The number of nitrogens with zero attached hydrogens (tertiary/aromatic N) is 1. The molecule has 0 aliphatic rings. The summed E-state index contributed by atoms with van der Waals surface area (Å²) >= 11 is 0. The Morgan fingerprint density at radius 3 is 2.00 bits per heavy atom. The van der Waals surface area contributed by atoms with E-state index in [0.29, 0.717) is 0 Å². The Balaban J connectivity index is 2.33. The SMILES string of the molecule is Cn1c2cc(C(C)(C)C)ccc2c2pcc(C(C)(C)C)cc21. The molecule has 116 valence electrons. The number of hydrogen-bond donors (Lipinski definition) is 0. The Morgan fingerprint density at radius 1 is 0.818 bits per heavy atom. The number of hydrogen-bond acceptors (Lipinski definition) is 0. The lowest BCUT2D eigenvalue weighted by Gasteiger charge is -2.19.